The zero-order valence-electron chi connectivity index (χ0n) is 13.7. The van der Waals surface area contributed by atoms with E-state index >= 15 is 0 Å². The third-order valence-corrected chi connectivity index (χ3v) is 6.65. The molecular formula is C16H23N4O4+. The Morgan fingerprint density at radius 1 is 1.21 bits per heavy atom. The van der Waals surface area contributed by atoms with Crippen LogP contribution in [0, 0.1) is 11.1 Å². The normalized spacial score (nSPS) is 39.5. The highest BCUT2D eigenvalue weighted by atomic mass is 16.6. The van der Waals surface area contributed by atoms with Gasteiger partial charge in [0, 0.05) is 12.8 Å². The molecule has 0 spiro atoms. The Labute approximate surface area is 139 Å². The number of aryl methyl sites for hydroxylation is 1. The fourth-order valence-corrected chi connectivity index (χ4v) is 5.66. The van der Waals surface area contributed by atoms with Gasteiger partial charge in [0.25, 0.3) is 0 Å². The maximum absolute atomic E-state index is 13.5. The van der Waals surface area contributed by atoms with Gasteiger partial charge in [-0.1, -0.05) is 16.7 Å². The summed E-state index contributed by atoms with van der Waals surface area (Å²) in [7, 11) is 0. The smallest absolute Gasteiger partial charge is 0.303 e. The molecule has 130 valence electrons. The standard InChI is InChI=1S/C16H22N4O4/c21-16-12-3-1-2-6-15(12,19-7-9-23-10-8-19)20(22)13(16)5-4-11-14(16)18-24-17-11/h12,21H,1-10H2/p+1/t12-,15-,16+/m0/s1. The summed E-state index contributed by atoms with van der Waals surface area (Å²) < 4.78 is 11.6. The number of rotatable bonds is 1. The summed E-state index contributed by atoms with van der Waals surface area (Å²) in [5.41, 5.74) is -0.177. The number of nitrogens with zero attached hydrogens (tertiary/aromatic N) is 3. The molecule has 0 amide bonds. The molecule has 1 saturated heterocycles. The molecule has 0 bridgehead atoms. The largest absolute Gasteiger partial charge is 0.619 e. The average molecular weight is 335 g/mol. The highest BCUT2D eigenvalue weighted by Crippen LogP contribution is 2.52. The topological polar surface area (TPSA) is 98.9 Å². The molecule has 1 saturated carbocycles. The van der Waals surface area contributed by atoms with Crippen LogP contribution < -0.4 is 4.90 Å². The predicted octanol–water partition coefficient (Wildman–Crippen LogP) is -1.03. The Hall–Kier alpha value is -1.51. The Balaban J connectivity index is 1.69. The van der Waals surface area contributed by atoms with Crippen LogP contribution in [0.1, 0.15) is 43.5 Å². The number of morpholine rings is 1. The first-order chi connectivity index (χ1) is 11.7. The first-order valence-corrected chi connectivity index (χ1v) is 9.00. The quantitative estimate of drug-likeness (QED) is 0.503. The van der Waals surface area contributed by atoms with Crippen LogP contribution >= 0.6 is 0 Å². The molecule has 3 atom stereocenters. The van der Waals surface area contributed by atoms with E-state index in [1.165, 1.54) is 9.64 Å². The minimum atomic E-state index is -1.32. The molecule has 4 aliphatic rings. The van der Waals surface area contributed by atoms with Gasteiger partial charge in [-0.3, -0.25) is 4.90 Å². The van der Waals surface area contributed by atoms with Gasteiger partial charge in [0.1, 0.15) is 24.7 Å². The van der Waals surface area contributed by atoms with Crippen LogP contribution in [0.4, 0.5) is 0 Å². The molecule has 2 aliphatic heterocycles. The Bertz CT molecular complexity index is 698. The summed E-state index contributed by atoms with van der Waals surface area (Å²) in [5.74, 6) is -0.162. The average Bonchev–Trinajstić information content (AvgIpc) is 3.18. The van der Waals surface area contributed by atoms with Crippen molar-refractivity contribution in [2.24, 2.45) is 5.92 Å². The van der Waals surface area contributed by atoms with Crippen molar-refractivity contribution in [3.63, 3.8) is 0 Å². The third kappa shape index (κ3) is 1.61. The molecule has 24 heavy (non-hydrogen) atoms. The molecule has 2 fully saturated rings. The van der Waals surface area contributed by atoms with Gasteiger partial charge in [0.05, 0.1) is 19.6 Å². The lowest BCUT2D eigenvalue weighted by atomic mass is 9.66. The number of aromatic nitrogens is 2. The van der Waals surface area contributed by atoms with E-state index in [1.807, 2.05) is 0 Å². The summed E-state index contributed by atoms with van der Waals surface area (Å²) in [4.78, 5) is 1.25. The van der Waals surface area contributed by atoms with E-state index in [1.54, 1.807) is 0 Å². The van der Waals surface area contributed by atoms with E-state index in [0.29, 0.717) is 43.2 Å². The summed E-state index contributed by atoms with van der Waals surface area (Å²) >= 11 is 0. The number of nitrogens with one attached hydrogen (secondary N) is 1. The van der Waals surface area contributed by atoms with Crippen LogP contribution in [0.5, 0.6) is 0 Å². The summed E-state index contributed by atoms with van der Waals surface area (Å²) in [5, 5.41) is 33.2. The Morgan fingerprint density at radius 3 is 2.88 bits per heavy atom. The lowest BCUT2D eigenvalue weighted by molar-refractivity contribution is -1.05. The van der Waals surface area contributed by atoms with Crippen molar-refractivity contribution in [3.8, 4) is 0 Å². The SMILES string of the molecule is [O-][N+]1=C2CCc3nonc3[C@@]2(O)[C@H]2CCCC[C@@]21[NH+]1CCOCC1. The van der Waals surface area contributed by atoms with E-state index in [2.05, 4.69) is 10.3 Å². The molecule has 2 aliphatic carbocycles. The zero-order chi connectivity index (χ0) is 16.4. The van der Waals surface area contributed by atoms with E-state index in [-0.39, 0.29) is 5.92 Å². The van der Waals surface area contributed by atoms with E-state index in [4.69, 9.17) is 9.37 Å². The van der Waals surface area contributed by atoms with Gasteiger partial charge in [-0.25, -0.2) is 4.63 Å². The number of aliphatic hydroxyl groups is 1. The Morgan fingerprint density at radius 2 is 2.04 bits per heavy atom. The van der Waals surface area contributed by atoms with Crippen molar-refractivity contribution in [2.45, 2.75) is 49.8 Å². The first kappa shape index (κ1) is 14.8. The molecule has 0 radical (unpaired) electrons. The van der Waals surface area contributed by atoms with Crippen LogP contribution in [-0.4, -0.2) is 57.8 Å². The van der Waals surface area contributed by atoms with Crippen molar-refractivity contribution in [1.29, 1.82) is 0 Å². The van der Waals surface area contributed by atoms with Crippen molar-refractivity contribution in [2.75, 3.05) is 26.3 Å². The van der Waals surface area contributed by atoms with Gasteiger partial charge < -0.3 is 15.1 Å². The molecule has 0 aromatic carbocycles. The number of ether oxygens (including phenoxy) is 1. The second-order valence-corrected chi connectivity index (χ2v) is 7.51. The summed E-state index contributed by atoms with van der Waals surface area (Å²) in [6.07, 6.45) is 4.82. The molecule has 2 N–H and O–H groups in total. The summed E-state index contributed by atoms with van der Waals surface area (Å²) in [6, 6.07) is 0. The number of hydroxylamine groups is 1. The third-order valence-electron chi connectivity index (χ3n) is 6.65. The van der Waals surface area contributed by atoms with E-state index in [9.17, 15) is 10.3 Å². The maximum atomic E-state index is 13.5. The second kappa shape index (κ2) is 5.00. The van der Waals surface area contributed by atoms with Crippen molar-refractivity contribution in [3.05, 3.63) is 16.6 Å². The fraction of sp³-hybridized carbons (Fsp3) is 0.812. The number of fused-ring (bicyclic) bond motifs is 5. The Kier molecular flexibility index (Phi) is 3.08. The fourth-order valence-electron chi connectivity index (χ4n) is 5.66. The van der Waals surface area contributed by atoms with E-state index in [0.717, 1.165) is 38.8 Å². The van der Waals surface area contributed by atoms with Crippen molar-refractivity contribution < 1.29 is 24.1 Å². The molecule has 8 heteroatoms. The molecule has 5 rings (SSSR count). The maximum Gasteiger partial charge on any atom is 0.303 e. The van der Waals surface area contributed by atoms with Crippen LogP contribution in [0.2, 0.25) is 0 Å². The molecule has 1 aromatic rings. The highest BCUT2D eigenvalue weighted by Gasteiger charge is 2.74. The summed E-state index contributed by atoms with van der Waals surface area (Å²) in [6.45, 7) is 2.95. The van der Waals surface area contributed by atoms with Gasteiger partial charge in [-0.2, -0.15) is 4.74 Å². The predicted molar refractivity (Wildman–Crippen MR) is 81.4 cm³/mol. The zero-order valence-corrected chi connectivity index (χ0v) is 13.7. The molecule has 0 unspecified atom stereocenters. The molecule has 3 heterocycles. The van der Waals surface area contributed by atoms with Gasteiger partial charge >= 0.3 is 5.66 Å². The number of hydrogen-bond donors (Lipinski definition) is 2. The van der Waals surface area contributed by atoms with Crippen molar-refractivity contribution in [1.82, 2.24) is 10.3 Å². The molecule has 1 aromatic heterocycles. The minimum absolute atomic E-state index is 0.162. The van der Waals surface area contributed by atoms with Crippen molar-refractivity contribution >= 4 is 5.71 Å². The highest BCUT2D eigenvalue weighted by molar-refractivity contribution is 5.92. The van der Waals surface area contributed by atoms with Gasteiger partial charge in [0.15, 0.2) is 5.69 Å². The monoisotopic (exact) mass is 335 g/mol. The first-order valence-electron chi connectivity index (χ1n) is 9.00. The number of hydrogen-bond acceptors (Lipinski definition) is 6. The molecular weight excluding hydrogens is 312 g/mol. The van der Waals surface area contributed by atoms with E-state index < -0.39 is 11.3 Å². The molecule has 8 nitrogen and oxygen atoms in total. The minimum Gasteiger partial charge on any atom is -0.619 e. The van der Waals surface area contributed by atoms with Crippen LogP contribution in [0.3, 0.4) is 0 Å². The van der Waals surface area contributed by atoms with Crippen LogP contribution in [0.15, 0.2) is 4.63 Å². The lowest BCUT2D eigenvalue weighted by Gasteiger charge is -2.44. The second-order valence-electron chi connectivity index (χ2n) is 7.51. The van der Waals surface area contributed by atoms with Crippen LogP contribution in [-0.2, 0) is 16.8 Å². The van der Waals surface area contributed by atoms with Gasteiger partial charge in [0.2, 0.25) is 11.3 Å². The van der Waals surface area contributed by atoms with Gasteiger partial charge in [-0.05, 0) is 12.8 Å². The lowest BCUT2D eigenvalue weighted by Crippen LogP contribution is -3.24. The number of quaternary nitrogens is 1. The van der Waals surface area contributed by atoms with Gasteiger partial charge in [-0.15, -0.1) is 0 Å². The van der Waals surface area contributed by atoms with Crippen LogP contribution in [0.25, 0.3) is 0 Å².